The molecule has 2 fully saturated rings. The number of nitrogens with zero attached hydrogens (tertiary/aromatic N) is 7. The summed E-state index contributed by atoms with van der Waals surface area (Å²) < 4.78 is 8.12. The van der Waals surface area contributed by atoms with Gasteiger partial charge in [-0.3, -0.25) is 28.7 Å². The van der Waals surface area contributed by atoms with E-state index in [4.69, 9.17) is 9.73 Å². The van der Waals surface area contributed by atoms with Crippen molar-refractivity contribution in [1.29, 1.82) is 0 Å². The van der Waals surface area contributed by atoms with Crippen molar-refractivity contribution < 1.29 is 34.1 Å². The molecule has 16 nitrogen and oxygen atoms in total. The molecule has 2 aliphatic heterocycles. The smallest absolute Gasteiger partial charge is 0.306 e. The number of aryl methyl sites for hydroxylation is 3. The molecule has 9 rings (SSSR count). The van der Waals surface area contributed by atoms with Crippen LogP contribution in [0.3, 0.4) is 0 Å². The number of carboxylic acids is 1. The summed E-state index contributed by atoms with van der Waals surface area (Å²) in [5.74, 6) is -0.787. The number of nitrogens with one attached hydrogen (secondary N) is 2. The molecule has 0 bridgehead atoms. The molecule has 0 spiro atoms. The van der Waals surface area contributed by atoms with Crippen molar-refractivity contribution in [1.82, 2.24) is 40.3 Å². The Kier molecular flexibility index (Phi) is 13.3. The normalized spacial score (nSPS) is 20.6. The Morgan fingerprint density at radius 3 is 2.19 bits per heavy atom. The first-order chi connectivity index (χ1) is 33.3. The van der Waals surface area contributed by atoms with E-state index in [0.29, 0.717) is 36.1 Å². The first-order valence-electron chi connectivity index (χ1n) is 23.5. The molecule has 3 aliphatic rings. The number of hydrogen-bond donors (Lipinski definition) is 4. The zero-order valence-corrected chi connectivity index (χ0v) is 42.0. The number of fused-ring (bicyclic) bond motifs is 3. The number of aliphatic imine (C=N–C) groups is 1. The number of benzene rings is 2. The Labute approximate surface area is 414 Å². The van der Waals surface area contributed by atoms with Crippen LogP contribution in [0.2, 0.25) is 0 Å². The summed E-state index contributed by atoms with van der Waals surface area (Å²) >= 11 is 3.19. The summed E-state index contributed by atoms with van der Waals surface area (Å²) in [5.41, 5.74) is 9.39. The first kappa shape index (κ1) is 48.4. The van der Waals surface area contributed by atoms with Crippen molar-refractivity contribution in [2.75, 3.05) is 6.54 Å². The van der Waals surface area contributed by atoms with Gasteiger partial charge in [0.2, 0.25) is 23.6 Å². The predicted molar refractivity (Wildman–Crippen MR) is 267 cm³/mol. The Morgan fingerprint density at radius 1 is 0.857 bits per heavy atom. The zero-order valence-electron chi connectivity index (χ0n) is 40.4. The molecule has 364 valence electrons. The third kappa shape index (κ3) is 9.63. The van der Waals surface area contributed by atoms with E-state index in [1.807, 2.05) is 106 Å². The van der Waals surface area contributed by atoms with Gasteiger partial charge in [-0.05, 0) is 81.2 Å². The number of aliphatic hydroxyl groups is 1. The molecular formula is C52H57N9O7S2. The number of aromatic nitrogens is 5. The molecule has 5 atom stereocenters. The highest BCUT2D eigenvalue weighted by molar-refractivity contribution is 7.15. The molecule has 0 unspecified atom stereocenters. The van der Waals surface area contributed by atoms with Gasteiger partial charge in [0, 0.05) is 52.7 Å². The van der Waals surface area contributed by atoms with Crippen LogP contribution in [-0.4, -0.2) is 100 Å². The number of likely N-dealkylation sites (tertiary alicyclic amines) is 1. The maximum Gasteiger partial charge on any atom is 0.306 e. The van der Waals surface area contributed by atoms with Crippen LogP contribution in [-0.2, 0) is 19.2 Å². The van der Waals surface area contributed by atoms with Crippen LogP contribution in [0.5, 0.6) is 5.88 Å². The highest BCUT2D eigenvalue weighted by atomic mass is 32.1. The van der Waals surface area contributed by atoms with E-state index in [0.717, 1.165) is 59.4 Å². The lowest BCUT2D eigenvalue weighted by Gasteiger charge is -2.39. The largest absolute Gasteiger partial charge is 0.481 e. The van der Waals surface area contributed by atoms with Crippen molar-refractivity contribution in [3.8, 4) is 32.4 Å². The topological polar surface area (TPSA) is 214 Å². The molecule has 0 radical (unpaired) electrons. The molecule has 1 saturated heterocycles. The maximum atomic E-state index is 14.3. The quantitative estimate of drug-likeness (QED) is 0.0883. The van der Waals surface area contributed by atoms with Crippen LogP contribution in [0.1, 0.15) is 110 Å². The van der Waals surface area contributed by atoms with Gasteiger partial charge in [0.25, 0.3) is 0 Å². The van der Waals surface area contributed by atoms with Gasteiger partial charge in [-0.2, -0.15) is 0 Å². The van der Waals surface area contributed by atoms with E-state index in [1.54, 1.807) is 34.9 Å². The van der Waals surface area contributed by atoms with Gasteiger partial charge in [-0.25, -0.2) is 9.97 Å². The van der Waals surface area contributed by atoms with Gasteiger partial charge in [-0.15, -0.1) is 32.9 Å². The van der Waals surface area contributed by atoms with Crippen molar-refractivity contribution >= 4 is 52.1 Å². The summed E-state index contributed by atoms with van der Waals surface area (Å²) in [6.07, 6.45) is 1.37. The number of thiazole rings is 1. The second-order valence-electron chi connectivity index (χ2n) is 19.7. The number of carbonyl (C=O) groups is 4. The fourth-order valence-corrected chi connectivity index (χ4v) is 11.5. The molecule has 6 heterocycles. The molecule has 3 amide bonds. The summed E-state index contributed by atoms with van der Waals surface area (Å²) in [7, 11) is 0. The highest BCUT2D eigenvalue weighted by Gasteiger charge is 2.46. The lowest BCUT2D eigenvalue weighted by molar-refractivity contribution is -0.145. The number of aliphatic hydroxyl groups excluding tert-OH is 1. The number of aliphatic carboxylic acids is 1. The van der Waals surface area contributed by atoms with Crippen molar-refractivity contribution in [2.45, 2.75) is 117 Å². The molecule has 1 saturated carbocycles. The Balaban J connectivity index is 0.804. The van der Waals surface area contributed by atoms with Gasteiger partial charge >= 0.3 is 5.97 Å². The molecular weight excluding hydrogens is 927 g/mol. The maximum absolute atomic E-state index is 14.3. The lowest BCUT2D eigenvalue weighted by Crippen LogP contribution is -2.59. The summed E-state index contributed by atoms with van der Waals surface area (Å²) in [5, 5.41) is 36.1. The number of amides is 3. The molecule has 6 aromatic rings. The lowest BCUT2D eigenvalue weighted by atomic mass is 9.80. The second-order valence-corrected chi connectivity index (χ2v) is 21.7. The van der Waals surface area contributed by atoms with Crippen molar-refractivity contribution in [2.24, 2.45) is 16.3 Å². The van der Waals surface area contributed by atoms with E-state index in [9.17, 15) is 29.4 Å². The highest BCUT2D eigenvalue weighted by Crippen LogP contribution is 2.40. The number of β-amino-alcohol motifs (C(OH)–C–C–N with tert-alkyl or cyclic N) is 1. The molecule has 70 heavy (non-hydrogen) atoms. The fraction of sp³-hybridized carbons (Fsp3) is 0.404. The van der Waals surface area contributed by atoms with E-state index in [-0.39, 0.29) is 49.3 Å². The minimum atomic E-state index is -0.972. The predicted octanol–water partition coefficient (Wildman–Crippen LogP) is 7.64. The number of pyridine rings is 1. The van der Waals surface area contributed by atoms with Crippen LogP contribution < -0.4 is 15.4 Å². The number of carbonyl (C=O) groups excluding carboxylic acids is 3. The molecule has 2 aromatic carbocycles. The van der Waals surface area contributed by atoms with Crippen LogP contribution in [0.4, 0.5) is 0 Å². The molecule has 18 heteroatoms. The third-order valence-electron chi connectivity index (χ3n) is 13.6. The number of thiophene rings is 1. The number of ether oxygens (including phenoxy) is 1. The van der Waals surface area contributed by atoms with E-state index in [2.05, 4.69) is 44.6 Å². The van der Waals surface area contributed by atoms with Gasteiger partial charge in [0.1, 0.15) is 35.1 Å². The number of hydrogen-bond acceptors (Lipinski definition) is 13. The minimum absolute atomic E-state index is 0.0128. The van der Waals surface area contributed by atoms with E-state index in [1.165, 1.54) is 4.90 Å². The standard InChI is InChI=1S/C52H57N9O7S2/c1-26-29(4)70-51-43(26)44(56-39(22-42(63)64)47-59-58-30(5)61(47)51)33-13-11-32(12-14-33)35-17-18-41(53-23-35)68-38-19-36(20-38)48(65)57-46(52(6,7)8)50(67)60-24-37(62)21-40(60)49(66)55-27(2)31-9-15-34(16-10-31)45-28(3)54-25-69-45/h9-18,23,25,27,36-40,46,62H,19-22,24H2,1-8H3,(H,55,66)(H,57,65)(H,63,64)/t27-,36-,37+,38-,39-,40-,46+/m0/s1. The SMILES string of the molecule is Cc1ncsc1-c1ccc([C@H](C)NC(=O)[C@@H]2C[C@@H](O)CN2C(=O)[C@@H](NC(=O)[C@H]2C[C@H](Oc3ccc(-c4ccc(C5=N[C@@H](CC(=O)O)c6nnc(C)n6-c6sc(C)c(C)c65)cc4)cn3)C2)C(C)(C)C)cc1. The van der Waals surface area contributed by atoms with E-state index < -0.39 is 41.5 Å². The Bertz CT molecular complexity index is 2980. The van der Waals surface area contributed by atoms with Gasteiger partial charge in [0.15, 0.2) is 5.82 Å². The van der Waals surface area contributed by atoms with Crippen molar-refractivity contribution in [3.63, 3.8) is 0 Å². The van der Waals surface area contributed by atoms with Gasteiger partial charge < -0.3 is 30.5 Å². The van der Waals surface area contributed by atoms with Crippen LogP contribution in [0, 0.1) is 39.0 Å². The average molecular weight is 984 g/mol. The molecule has 4 N–H and O–H groups in total. The van der Waals surface area contributed by atoms with E-state index >= 15 is 0 Å². The summed E-state index contributed by atoms with van der Waals surface area (Å²) in [6.45, 7) is 15.4. The molecule has 4 aromatic heterocycles. The summed E-state index contributed by atoms with van der Waals surface area (Å²) in [4.78, 5) is 71.3. The number of carboxylic acid groups (broad SMARTS) is 1. The fourth-order valence-electron chi connectivity index (χ4n) is 9.45. The summed E-state index contributed by atoms with van der Waals surface area (Å²) in [6, 6.07) is 16.7. The monoisotopic (exact) mass is 983 g/mol. The molecule has 1 aliphatic carbocycles. The van der Waals surface area contributed by atoms with Crippen molar-refractivity contribution in [3.05, 3.63) is 117 Å². The van der Waals surface area contributed by atoms with Crippen LogP contribution in [0.15, 0.2) is 77.4 Å². The van der Waals surface area contributed by atoms with Gasteiger partial charge in [-0.1, -0.05) is 69.3 Å². The Morgan fingerprint density at radius 2 is 1.54 bits per heavy atom. The average Bonchev–Trinajstić information content (AvgIpc) is 4.08. The van der Waals surface area contributed by atoms with Gasteiger partial charge in [0.05, 0.1) is 40.4 Å². The first-order valence-corrected chi connectivity index (χ1v) is 25.2. The number of rotatable bonds is 13. The third-order valence-corrected chi connectivity index (χ3v) is 15.8. The Hall–Kier alpha value is -6.63. The second kappa shape index (κ2) is 19.3. The van der Waals surface area contributed by atoms with Crippen LogP contribution in [0.25, 0.3) is 26.6 Å². The van der Waals surface area contributed by atoms with Crippen LogP contribution >= 0.6 is 22.7 Å². The minimum Gasteiger partial charge on any atom is -0.481 e. The zero-order chi connectivity index (χ0) is 49.8.